The van der Waals surface area contributed by atoms with Crippen molar-refractivity contribution in [2.75, 3.05) is 19.5 Å². The van der Waals surface area contributed by atoms with E-state index in [0.717, 1.165) is 43.0 Å². The van der Waals surface area contributed by atoms with Crippen LogP contribution in [0.25, 0.3) is 11.4 Å². The van der Waals surface area contributed by atoms with Crippen LogP contribution in [0.15, 0.2) is 42.5 Å². The Kier molecular flexibility index (Phi) is 5.46. The van der Waals surface area contributed by atoms with E-state index in [0.29, 0.717) is 22.7 Å². The van der Waals surface area contributed by atoms with E-state index in [1.165, 1.54) is 13.5 Å². The Morgan fingerprint density at radius 2 is 1.83 bits per heavy atom. The number of hydrogen-bond acceptors (Lipinski definition) is 5. The van der Waals surface area contributed by atoms with Gasteiger partial charge in [0.25, 0.3) is 5.91 Å². The number of ether oxygens (including phenoxy) is 2. The molecule has 0 aliphatic carbocycles. The van der Waals surface area contributed by atoms with Crippen LogP contribution in [-0.4, -0.2) is 34.9 Å². The van der Waals surface area contributed by atoms with Crippen molar-refractivity contribution in [1.82, 2.24) is 14.8 Å². The maximum atomic E-state index is 12.7. The summed E-state index contributed by atoms with van der Waals surface area (Å²) in [6.45, 7) is 0.950. The molecule has 1 aliphatic heterocycles. The number of methoxy groups -OCH3 is 2. The second-order valence-electron chi connectivity index (χ2n) is 6.97. The molecule has 7 nitrogen and oxygen atoms in total. The van der Waals surface area contributed by atoms with Crippen molar-refractivity contribution >= 4 is 11.6 Å². The highest BCUT2D eigenvalue weighted by atomic mass is 16.5. The van der Waals surface area contributed by atoms with Crippen LogP contribution in [0.2, 0.25) is 0 Å². The molecule has 0 saturated heterocycles. The summed E-state index contributed by atoms with van der Waals surface area (Å²) in [5.74, 6) is 2.61. The zero-order chi connectivity index (χ0) is 20.2. The van der Waals surface area contributed by atoms with E-state index < -0.39 is 0 Å². The van der Waals surface area contributed by atoms with E-state index in [1.807, 2.05) is 24.3 Å². The van der Waals surface area contributed by atoms with Crippen LogP contribution >= 0.6 is 0 Å². The Bertz CT molecular complexity index is 1010. The number of benzene rings is 2. The smallest absolute Gasteiger partial charge is 0.259 e. The van der Waals surface area contributed by atoms with Gasteiger partial charge in [-0.1, -0.05) is 12.5 Å². The highest BCUT2D eigenvalue weighted by molar-refractivity contribution is 6.06. The lowest BCUT2D eigenvalue weighted by molar-refractivity contribution is 0.102. The number of amides is 1. The van der Waals surface area contributed by atoms with Gasteiger partial charge in [-0.05, 0) is 49.2 Å². The summed E-state index contributed by atoms with van der Waals surface area (Å²) in [7, 11) is 3.06. The lowest BCUT2D eigenvalue weighted by Gasteiger charge is -2.13. The average Bonchev–Trinajstić information content (AvgIpc) is 3.01. The highest BCUT2D eigenvalue weighted by Gasteiger charge is 2.18. The van der Waals surface area contributed by atoms with Crippen molar-refractivity contribution in [1.29, 1.82) is 0 Å². The largest absolute Gasteiger partial charge is 0.493 e. The molecule has 2 aromatic carbocycles. The van der Waals surface area contributed by atoms with Crippen LogP contribution < -0.4 is 14.8 Å². The van der Waals surface area contributed by atoms with Crippen molar-refractivity contribution in [3.05, 3.63) is 53.9 Å². The van der Waals surface area contributed by atoms with Crippen molar-refractivity contribution < 1.29 is 14.3 Å². The number of rotatable bonds is 5. The van der Waals surface area contributed by atoms with E-state index in [9.17, 15) is 4.79 Å². The lowest BCUT2D eigenvalue weighted by atomic mass is 10.1. The Balaban J connectivity index is 1.54. The minimum atomic E-state index is -0.259. The Morgan fingerprint density at radius 3 is 2.59 bits per heavy atom. The molecule has 0 atom stereocenters. The molecular weight excluding hydrogens is 368 g/mol. The van der Waals surface area contributed by atoms with Gasteiger partial charge in [-0.2, -0.15) is 0 Å². The summed E-state index contributed by atoms with van der Waals surface area (Å²) in [5.41, 5.74) is 2.10. The minimum Gasteiger partial charge on any atom is -0.493 e. The molecule has 0 radical (unpaired) electrons. The van der Waals surface area contributed by atoms with Gasteiger partial charge in [0, 0.05) is 24.2 Å². The SMILES string of the molecule is COc1cccc(C(=O)Nc2ccc(-c3nnc4n3CCCCC4)cc2)c1OC. The third kappa shape index (κ3) is 3.81. The molecule has 150 valence electrons. The Hall–Kier alpha value is -3.35. The standard InChI is InChI=1S/C22H24N4O3/c1-28-18-8-6-7-17(20(18)29-2)22(27)23-16-12-10-15(11-13-16)21-25-24-19-9-4-3-5-14-26(19)21/h6-8,10-13H,3-5,9,14H2,1-2H3,(H,23,27). The van der Waals surface area contributed by atoms with E-state index in [-0.39, 0.29) is 5.91 Å². The first kappa shape index (κ1) is 19.0. The summed E-state index contributed by atoms with van der Waals surface area (Å²) >= 11 is 0. The van der Waals surface area contributed by atoms with E-state index >= 15 is 0 Å². The van der Waals surface area contributed by atoms with Gasteiger partial charge in [-0.25, -0.2) is 0 Å². The fraction of sp³-hybridized carbons (Fsp3) is 0.318. The third-order valence-electron chi connectivity index (χ3n) is 5.16. The second-order valence-corrected chi connectivity index (χ2v) is 6.97. The number of hydrogen-bond donors (Lipinski definition) is 1. The Labute approximate surface area is 169 Å². The van der Waals surface area contributed by atoms with Crippen LogP contribution in [0.3, 0.4) is 0 Å². The molecular formula is C22H24N4O3. The molecule has 0 spiro atoms. The summed E-state index contributed by atoms with van der Waals surface area (Å²) < 4.78 is 12.8. The number of nitrogens with zero attached hydrogens (tertiary/aromatic N) is 3. The van der Waals surface area contributed by atoms with Gasteiger partial charge in [0.2, 0.25) is 0 Å². The average molecular weight is 392 g/mol. The van der Waals surface area contributed by atoms with Gasteiger partial charge in [-0.15, -0.1) is 10.2 Å². The van der Waals surface area contributed by atoms with Crippen molar-refractivity contribution in [2.45, 2.75) is 32.2 Å². The Morgan fingerprint density at radius 1 is 1.00 bits per heavy atom. The molecule has 0 unspecified atom stereocenters. The van der Waals surface area contributed by atoms with Gasteiger partial charge in [-0.3, -0.25) is 4.79 Å². The molecule has 0 fully saturated rings. The van der Waals surface area contributed by atoms with Gasteiger partial charge < -0.3 is 19.4 Å². The molecule has 1 aromatic heterocycles. The zero-order valence-corrected chi connectivity index (χ0v) is 16.6. The number of carbonyl (C=O) groups is 1. The van der Waals surface area contributed by atoms with E-state index in [1.54, 1.807) is 25.3 Å². The van der Waals surface area contributed by atoms with Crippen LogP contribution in [0, 0.1) is 0 Å². The fourth-order valence-electron chi connectivity index (χ4n) is 3.67. The molecule has 0 saturated carbocycles. The summed E-state index contributed by atoms with van der Waals surface area (Å²) in [6, 6.07) is 12.9. The normalized spacial score (nSPS) is 13.3. The summed E-state index contributed by atoms with van der Waals surface area (Å²) in [5, 5.41) is 11.7. The van der Waals surface area contributed by atoms with Crippen molar-refractivity contribution in [3.63, 3.8) is 0 Å². The number of fused-ring (bicyclic) bond motifs is 1. The maximum absolute atomic E-state index is 12.7. The van der Waals surface area contributed by atoms with Crippen LogP contribution in [0.4, 0.5) is 5.69 Å². The highest BCUT2D eigenvalue weighted by Crippen LogP contribution is 2.31. The first-order valence-electron chi connectivity index (χ1n) is 9.76. The van der Waals surface area contributed by atoms with Crippen LogP contribution in [0.5, 0.6) is 11.5 Å². The monoisotopic (exact) mass is 392 g/mol. The van der Waals surface area contributed by atoms with Gasteiger partial charge >= 0.3 is 0 Å². The first-order valence-corrected chi connectivity index (χ1v) is 9.76. The minimum absolute atomic E-state index is 0.259. The molecule has 1 N–H and O–H groups in total. The van der Waals surface area contributed by atoms with Gasteiger partial charge in [0.1, 0.15) is 5.82 Å². The predicted octanol–water partition coefficient (Wildman–Crippen LogP) is 3.94. The molecule has 1 aliphatic rings. The number of carbonyl (C=O) groups excluding carboxylic acids is 1. The number of anilines is 1. The molecule has 1 amide bonds. The number of aryl methyl sites for hydroxylation is 1. The quantitative estimate of drug-likeness (QED) is 0.712. The van der Waals surface area contributed by atoms with Crippen molar-refractivity contribution in [2.24, 2.45) is 0 Å². The van der Waals surface area contributed by atoms with Gasteiger partial charge in [0.05, 0.1) is 19.8 Å². The molecule has 3 aromatic rings. The summed E-state index contributed by atoms with van der Waals surface area (Å²) in [4.78, 5) is 12.7. The van der Waals surface area contributed by atoms with Crippen LogP contribution in [0.1, 0.15) is 35.4 Å². The van der Waals surface area contributed by atoms with E-state index in [4.69, 9.17) is 9.47 Å². The number of nitrogens with one attached hydrogen (secondary N) is 1. The number of aromatic nitrogens is 3. The van der Waals surface area contributed by atoms with Crippen LogP contribution in [-0.2, 0) is 13.0 Å². The molecule has 4 rings (SSSR count). The molecule has 7 heteroatoms. The van der Waals surface area contributed by atoms with Crippen molar-refractivity contribution in [3.8, 4) is 22.9 Å². The van der Waals surface area contributed by atoms with Gasteiger partial charge in [0.15, 0.2) is 17.3 Å². The number of para-hydroxylation sites is 1. The lowest BCUT2D eigenvalue weighted by Crippen LogP contribution is -2.13. The third-order valence-corrected chi connectivity index (χ3v) is 5.16. The predicted molar refractivity (Wildman–Crippen MR) is 111 cm³/mol. The maximum Gasteiger partial charge on any atom is 0.259 e. The molecule has 2 heterocycles. The molecule has 29 heavy (non-hydrogen) atoms. The second kappa shape index (κ2) is 8.34. The zero-order valence-electron chi connectivity index (χ0n) is 16.6. The van der Waals surface area contributed by atoms with E-state index in [2.05, 4.69) is 20.1 Å². The topological polar surface area (TPSA) is 78.3 Å². The summed E-state index contributed by atoms with van der Waals surface area (Å²) in [6.07, 6.45) is 4.51. The fourth-order valence-corrected chi connectivity index (χ4v) is 3.67. The first-order chi connectivity index (χ1) is 14.2. The molecule has 0 bridgehead atoms.